The van der Waals surface area contributed by atoms with Crippen molar-refractivity contribution in [1.29, 1.82) is 0 Å². The Balaban J connectivity index is 1.40. The van der Waals surface area contributed by atoms with E-state index >= 15 is 0 Å². The van der Waals surface area contributed by atoms with Crippen LogP contribution in [-0.4, -0.2) is 79.8 Å². The molecular weight excluding hydrogens is 508 g/mol. The summed E-state index contributed by atoms with van der Waals surface area (Å²) in [5.41, 5.74) is 3.11. The first kappa shape index (κ1) is 28.4. The van der Waals surface area contributed by atoms with Crippen LogP contribution >= 0.6 is 0 Å². The Morgan fingerprint density at radius 1 is 0.950 bits per heavy atom. The minimum atomic E-state index is -0.846. The number of hydrogen-bond acceptors (Lipinski definition) is 5. The summed E-state index contributed by atoms with van der Waals surface area (Å²) in [6, 6.07) is 22.9. The number of piperazine rings is 1. The number of ether oxygens (including phenoxy) is 1. The van der Waals surface area contributed by atoms with Crippen molar-refractivity contribution in [3.05, 3.63) is 95.6 Å². The number of nitrogens with one attached hydrogen (secondary N) is 1. The second-order valence-electron chi connectivity index (χ2n) is 9.81. The summed E-state index contributed by atoms with van der Waals surface area (Å²) in [7, 11) is 3.23. The van der Waals surface area contributed by atoms with E-state index in [4.69, 9.17) is 4.74 Å². The van der Waals surface area contributed by atoms with E-state index in [2.05, 4.69) is 5.32 Å². The van der Waals surface area contributed by atoms with Crippen molar-refractivity contribution in [3.63, 3.8) is 0 Å². The summed E-state index contributed by atoms with van der Waals surface area (Å²) in [4.78, 5) is 56.7. The third-order valence-electron chi connectivity index (χ3n) is 6.95. The van der Waals surface area contributed by atoms with Crippen LogP contribution in [-0.2, 0) is 20.8 Å². The van der Waals surface area contributed by atoms with Crippen LogP contribution in [0.3, 0.4) is 0 Å². The van der Waals surface area contributed by atoms with E-state index in [0.717, 1.165) is 11.1 Å². The first-order valence-corrected chi connectivity index (χ1v) is 13.1. The molecule has 3 aromatic rings. The Bertz CT molecular complexity index is 1340. The second-order valence-corrected chi connectivity index (χ2v) is 9.81. The largest absolute Gasteiger partial charge is 0.497 e. The molecule has 0 aliphatic carbocycles. The Morgan fingerprint density at radius 2 is 1.62 bits per heavy atom. The van der Waals surface area contributed by atoms with Gasteiger partial charge in [-0.1, -0.05) is 48.0 Å². The quantitative estimate of drug-likeness (QED) is 0.448. The van der Waals surface area contributed by atoms with Gasteiger partial charge in [0.2, 0.25) is 17.7 Å². The molecule has 1 aliphatic heterocycles. The zero-order chi connectivity index (χ0) is 28.6. The fourth-order valence-electron chi connectivity index (χ4n) is 4.56. The number of methoxy groups -OCH3 is 1. The highest BCUT2D eigenvalue weighted by Gasteiger charge is 2.31. The van der Waals surface area contributed by atoms with Crippen LogP contribution in [0.15, 0.2) is 78.9 Å². The Hall–Kier alpha value is -4.66. The number of benzene rings is 3. The number of aryl methyl sites for hydroxylation is 1. The predicted octanol–water partition coefficient (Wildman–Crippen LogP) is 2.68. The number of amides is 4. The van der Waals surface area contributed by atoms with Crippen LogP contribution in [0.4, 0.5) is 5.69 Å². The number of anilines is 1. The van der Waals surface area contributed by atoms with Gasteiger partial charge in [0.15, 0.2) is 0 Å². The molecule has 0 aromatic heterocycles. The first-order valence-electron chi connectivity index (χ1n) is 13.1. The summed E-state index contributed by atoms with van der Waals surface area (Å²) < 4.78 is 5.20. The highest BCUT2D eigenvalue weighted by Crippen LogP contribution is 2.19. The summed E-state index contributed by atoms with van der Waals surface area (Å²) in [5.74, 6) is -0.592. The number of carbonyl (C=O) groups excluding carboxylic acids is 4. The van der Waals surface area contributed by atoms with Gasteiger partial charge in [0, 0.05) is 37.8 Å². The summed E-state index contributed by atoms with van der Waals surface area (Å²) >= 11 is 0. The number of rotatable bonds is 9. The molecular formula is C31H34N4O5. The molecule has 0 radical (unpaired) electrons. The molecule has 9 heteroatoms. The van der Waals surface area contributed by atoms with Crippen molar-refractivity contribution in [2.45, 2.75) is 19.4 Å². The van der Waals surface area contributed by atoms with E-state index in [1.165, 1.54) is 14.7 Å². The van der Waals surface area contributed by atoms with E-state index in [1.54, 1.807) is 50.6 Å². The van der Waals surface area contributed by atoms with Crippen molar-refractivity contribution in [1.82, 2.24) is 15.1 Å². The lowest BCUT2D eigenvalue weighted by atomic mass is 10.0. The van der Waals surface area contributed by atoms with E-state index in [-0.39, 0.29) is 37.4 Å². The van der Waals surface area contributed by atoms with Gasteiger partial charge >= 0.3 is 0 Å². The van der Waals surface area contributed by atoms with Gasteiger partial charge in [0.25, 0.3) is 5.91 Å². The van der Waals surface area contributed by atoms with Crippen LogP contribution in [0.2, 0.25) is 0 Å². The smallest absolute Gasteiger partial charge is 0.254 e. The summed E-state index contributed by atoms with van der Waals surface area (Å²) in [6.07, 6.45) is 0.290. The molecule has 1 N–H and O–H groups in total. The van der Waals surface area contributed by atoms with Gasteiger partial charge in [-0.2, -0.15) is 0 Å². The van der Waals surface area contributed by atoms with E-state index in [9.17, 15) is 19.2 Å². The predicted molar refractivity (Wildman–Crippen MR) is 152 cm³/mol. The molecule has 3 aromatic carbocycles. The van der Waals surface area contributed by atoms with E-state index < -0.39 is 11.9 Å². The van der Waals surface area contributed by atoms with Crippen molar-refractivity contribution in [2.24, 2.45) is 0 Å². The highest BCUT2D eigenvalue weighted by molar-refractivity contribution is 6.00. The molecule has 0 saturated carbocycles. The van der Waals surface area contributed by atoms with Crippen molar-refractivity contribution >= 4 is 29.3 Å². The standard InChI is InChI=1S/C31H34N4O5/c1-22-9-11-24(12-10-22)30(38)35-18-17-34(29(37)21-35)20-28(36)32-27(19-23-7-5-4-6-8-23)31(39)33(2)25-13-15-26(40-3)16-14-25/h4-16,27H,17-21H2,1-3H3,(H,32,36)/t27-/m0/s1. The Labute approximate surface area is 234 Å². The molecule has 208 valence electrons. The monoisotopic (exact) mass is 542 g/mol. The average molecular weight is 543 g/mol. The van der Waals surface area contributed by atoms with Crippen LogP contribution in [0.1, 0.15) is 21.5 Å². The number of hydrogen-bond donors (Lipinski definition) is 1. The Kier molecular flexibility index (Phi) is 9.16. The molecule has 1 saturated heterocycles. The van der Waals surface area contributed by atoms with Crippen LogP contribution in [0.5, 0.6) is 5.75 Å². The second kappa shape index (κ2) is 12.9. The van der Waals surface area contributed by atoms with Crippen molar-refractivity contribution in [3.8, 4) is 5.75 Å². The molecule has 0 unspecified atom stereocenters. The lowest BCUT2D eigenvalue weighted by Gasteiger charge is -2.34. The van der Waals surface area contributed by atoms with Crippen LogP contribution < -0.4 is 15.0 Å². The van der Waals surface area contributed by atoms with E-state index in [1.807, 2.05) is 49.4 Å². The fourth-order valence-corrected chi connectivity index (χ4v) is 4.56. The maximum absolute atomic E-state index is 13.5. The molecule has 1 aliphatic rings. The molecule has 4 rings (SSSR count). The minimum absolute atomic E-state index is 0.105. The first-order chi connectivity index (χ1) is 19.2. The molecule has 40 heavy (non-hydrogen) atoms. The van der Waals surface area contributed by atoms with Gasteiger partial charge in [-0.15, -0.1) is 0 Å². The Morgan fingerprint density at radius 3 is 2.25 bits per heavy atom. The summed E-state index contributed by atoms with van der Waals surface area (Å²) in [6.45, 7) is 2.19. The highest BCUT2D eigenvalue weighted by atomic mass is 16.5. The van der Waals surface area contributed by atoms with Crippen LogP contribution in [0.25, 0.3) is 0 Å². The lowest BCUT2D eigenvalue weighted by Crippen LogP contribution is -2.56. The van der Waals surface area contributed by atoms with Gasteiger partial charge < -0.3 is 24.8 Å². The number of carbonyl (C=O) groups is 4. The molecule has 9 nitrogen and oxygen atoms in total. The summed E-state index contributed by atoms with van der Waals surface area (Å²) in [5, 5.41) is 2.84. The maximum atomic E-state index is 13.5. The van der Waals surface area contributed by atoms with Gasteiger partial charge in [0.1, 0.15) is 18.3 Å². The van der Waals surface area contributed by atoms with E-state index in [0.29, 0.717) is 30.0 Å². The molecule has 4 amide bonds. The fraction of sp³-hybridized carbons (Fsp3) is 0.290. The van der Waals surface area contributed by atoms with Crippen molar-refractivity contribution in [2.75, 3.05) is 45.2 Å². The minimum Gasteiger partial charge on any atom is -0.497 e. The maximum Gasteiger partial charge on any atom is 0.254 e. The van der Waals surface area contributed by atoms with Gasteiger partial charge in [-0.25, -0.2) is 0 Å². The van der Waals surface area contributed by atoms with Crippen molar-refractivity contribution < 1.29 is 23.9 Å². The number of nitrogens with zero attached hydrogens (tertiary/aromatic N) is 3. The molecule has 1 fully saturated rings. The topological polar surface area (TPSA) is 99.3 Å². The normalized spacial score (nSPS) is 13.9. The van der Waals surface area contributed by atoms with Gasteiger partial charge in [-0.3, -0.25) is 19.2 Å². The zero-order valence-electron chi connectivity index (χ0n) is 23.0. The SMILES string of the molecule is COc1ccc(N(C)C(=O)[C@H](Cc2ccccc2)NC(=O)CN2CCN(C(=O)c3ccc(C)cc3)CC2=O)cc1. The average Bonchev–Trinajstić information content (AvgIpc) is 2.97. The van der Waals surface area contributed by atoms with Gasteiger partial charge in [-0.05, 0) is 48.9 Å². The third-order valence-corrected chi connectivity index (χ3v) is 6.95. The molecule has 0 bridgehead atoms. The molecule has 0 spiro atoms. The lowest BCUT2D eigenvalue weighted by molar-refractivity contribution is -0.139. The number of likely N-dealkylation sites (N-methyl/N-ethyl adjacent to an activating group) is 1. The van der Waals surface area contributed by atoms with Crippen LogP contribution in [0, 0.1) is 6.92 Å². The third kappa shape index (κ3) is 7.05. The molecule has 1 heterocycles. The van der Waals surface area contributed by atoms with Gasteiger partial charge in [0.05, 0.1) is 13.7 Å². The molecule has 1 atom stereocenters. The zero-order valence-corrected chi connectivity index (χ0v) is 23.0.